The van der Waals surface area contributed by atoms with Crippen LogP contribution in [0.2, 0.25) is 0 Å². The Labute approximate surface area is 106 Å². The molecule has 7 nitrogen and oxygen atoms in total. The van der Waals surface area contributed by atoms with Crippen molar-refractivity contribution in [1.82, 2.24) is 10.6 Å². The zero-order chi connectivity index (χ0) is 14.3. The Kier molecular flexibility index (Phi) is 6.77. The van der Waals surface area contributed by atoms with Crippen LogP contribution in [0.3, 0.4) is 0 Å². The number of ether oxygens (including phenoxy) is 1. The second-order valence-electron chi connectivity index (χ2n) is 4.38. The number of rotatable bonds is 6. The van der Waals surface area contributed by atoms with Gasteiger partial charge >= 0.3 is 18.0 Å². The van der Waals surface area contributed by atoms with Gasteiger partial charge in [-0.25, -0.2) is 14.4 Å². The molecule has 0 heterocycles. The average molecular weight is 260 g/mol. The van der Waals surface area contributed by atoms with Crippen LogP contribution in [0.4, 0.5) is 4.79 Å². The van der Waals surface area contributed by atoms with Crippen molar-refractivity contribution in [2.75, 3.05) is 7.11 Å². The van der Waals surface area contributed by atoms with E-state index in [1.165, 1.54) is 14.0 Å². The van der Waals surface area contributed by atoms with Gasteiger partial charge in [0.05, 0.1) is 7.11 Å². The van der Waals surface area contributed by atoms with Crippen LogP contribution in [0.15, 0.2) is 0 Å². The lowest BCUT2D eigenvalue weighted by molar-refractivity contribution is -0.142. The maximum Gasteiger partial charge on any atom is 0.328 e. The minimum absolute atomic E-state index is 0.129. The summed E-state index contributed by atoms with van der Waals surface area (Å²) in [5, 5.41) is 13.5. The van der Waals surface area contributed by atoms with E-state index in [4.69, 9.17) is 5.11 Å². The number of esters is 1. The maximum atomic E-state index is 11.5. The third-order valence-electron chi connectivity index (χ3n) is 2.21. The van der Waals surface area contributed by atoms with Crippen molar-refractivity contribution in [3.8, 4) is 0 Å². The van der Waals surface area contributed by atoms with E-state index in [-0.39, 0.29) is 5.92 Å². The van der Waals surface area contributed by atoms with Gasteiger partial charge < -0.3 is 20.5 Å². The monoisotopic (exact) mass is 260 g/mol. The SMILES string of the molecule is COC(=O)C(C)NC(=O)N[C@@H](CC(C)C)C(=O)O. The molecule has 0 aliphatic heterocycles. The van der Waals surface area contributed by atoms with E-state index in [9.17, 15) is 14.4 Å². The summed E-state index contributed by atoms with van der Waals surface area (Å²) in [5.41, 5.74) is 0. The first-order chi connectivity index (χ1) is 8.27. The molecule has 2 amide bonds. The predicted molar refractivity (Wildman–Crippen MR) is 64.0 cm³/mol. The molecule has 0 aliphatic carbocycles. The number of amides is 2. The molecule has 0 aromatic rings. The van der Waals surface area contributed by atoms with Gasteiger partial charge in [0.15, 0.2) is 0 Å². The zero-order valence-corrected chi connectivity index (χ0v) is 11.0. The molecule has 0 aliphatic rings. The molecule has 0 saturated carbocycles. The second kappa shape index (κ2) is 7.52. The fraction of sp³-hybridized carbons (Fsp3) is 0.727. The van der Waals surface area contributed by atoms with Crippen LogP contribution in [0.1, 0.15) is 27.2 Å². The van der Waals surface area contributed by atoms with Gasteiger partial charge in [-0.2, -0.15) is 0 Å². The number of carbonyl (C=O) groups is 3. The van der Waals surface area contributed by atoms with Gasteiger partial charge in [-0.3, -0.25) is 0 Å². The Hall–Kier alpha value is -1.79. The summed E-state index contributed by atoms with van der Waals surface area (Å²) in [6, 6.07) is -2.51. The number of methoxy groups -OCH3 is 1. The first-order valence-electron chi connectivity index (χ1n) is 5.65. The summed E-state index contributed by atoms with van der Waals surface area (Å²) in [6.45, 7) is 5.16. The molecule has 0 rings (SSSR count). The molecule has 0 radical (unpaired) electrons. The molecule has 0 bridgehead atoms. The molecule has 0 aromatic carbocycles. The van der Waals surface area contributed by atoms with Gasteiger partial charge in [0.25, 0.3) is 0 Å². The number of urea groups is 1. The Morgan fingerprint density at radius 3 is 2.11 bits per heavy atom. The normalized spacial score (nSPS) is 13.6. The fourth-order valence-electron chi connectivity index (χ4n) is 1.33. The van der Waals surface area contributed by atoms with E-state index in [0.717, 1.165) is 0 Å². The molecule has 18 heavy (non-hydrogen) atoms. The van der Waals surface area contributed by atoms with Gasteiger partial charge in [-0.15, -0.1) is 0 Å². The molecule has 0 aromatic heterocycles. The van der Waals surface area contributed by atoms with Gasteiger partial charge in [-0.05, 0) is 19.3 Å². The van der Waals surface area contributed by atoms with E-state index in [0.29, 0.717) is 6.42 Å². The van der Waals surface area contributed by atoms with Crippen LogP contribution in [0, 0.1) is 5.92 Å². The van der Waals surface area contributed by atoms with Crippen molar-refractivity contribution in [2.24, 2.45) is 5.92 Å². The summed E-state index contributed by atoms with van der Waals surface area (Å²) in [7, 11) is 1.21. The summed E-state index contributed by atoms with van der Waals surface area (Å²) in [6.07, 6.45) is 0.315. The van der Waals surface area contributed by atoms with Crippen LogP contribution in [-0.2, 0) is 14.3 Å². The lowest BCUT2D eigenvalue weighted by Crippen LogP contribution is -2.50. The molecule has 0 spiro atoms. The Morgan fingerprint density at radius 2 is 1.72 bits per heavy atom. The Balaban J connectivity index is 4.34. The summed E-state index contributed by atoms with van der Waals surface area (Å²) < 4.78 is 4.43. The van der Waals surface area contributed by atoms with Crippen molar-refractivity contribution < 1.29 is 24.2 Å². The Morgan fingerprint density at radius 1 is 1.17 bits per heavy atom. The number of carbonyl (C=O) groups excluding carboxylic acids is 2. The van der Waals surface area contributed by atoms with Gasteiger partial charge in [0.1, 0.15) is 12.1 Å². The highest BCUT2D eigenvalue weighted by Gasteiger charge is 2.23. The average Bonchev–Trinajstić information content (AvgIpc) is 2.25. The van der Waals surface area contributed by atoms with E-state index in [1.807, 2.05) is 13.8 Å². The van der Waals surface area contributed by atoms with E-state index in [2.05, 4.69) is 15.4 Å². The van der Waals surface area contributed by atoms with Crippen LogP contribution in [-0.4, -0.2) is 42.3 Å². The number of carboxylic acids is 1. The quantitative estimate of drug-likeness (QED) is 0.597. The highest BCUT2D eigenvalue weighted by atomic mass is 16.5. The van der Waals surface area contributed by atoms with E-state index < -0.39 is 30.1 Å². The maximum absolute atomic E-state index is 11.5. The standard InChI is InChI=1S/C11H20N2O5/c1-6(2)5-8(9(14)15)13-11(17)12-7(3)10(16)18-4/h6-8H,5H2,1-4H3,(H,14,15)(H2,12,13,17)/t7?,8-/m0/s1. The summed E-state index contributed by atoms with van der Waals surface area (Å²) in [4.78, 5) is 33.5. The Bertz CT molecular complexity index is 317. The molecule has 104 valence electrons. The zero-order valence-electron chi connectivity index (χ0n) is 11.0. The fourth-order valence-corrected chi connectivity index (χ4v) is 1.33. The third-order valence-corrected chi connectivity index (χ3v) is 2.21. The lowest BCUT2D eigenvalue weighted by Gasteiger charge is -2.18. The molecular formula is C11H20N2O5. The minimum Gasteiger partial charge on any atom is -0.480 e. The van der Waals surface area contributed by atoms with Crippen molar-refractivity contribution >= 4 is 18.0 Å². The number of aliphatic carboxylic acids is 1. The number of nitrogens with one attached hydrogen (secondary N) is 2. The van der Waals surface area contributed by atoms with Crippen LogP contribution in [0.25, 0.3) is 0 Å². The third kappa shape index (κ3) is 6.07. The molecule has 2 atom stereocenters. The first kappa shape index (κ1) is 16.2. The second-order valence-corrected chi connectivity index (χ2v) is 4.38. The molecule has 0 saturated heterocycles. The topological polar surface area (TPSA) is 105 Å². The lowest BCUT2D eigenvalue weighted by atomic mass is 10.0. The van der Waals surface area contributed by atoms with E-state index >= 15 is 0 Å². The van der Waals surface area contributed by atoms with Crippen molar-refractivity contribution in [3.05, 3.63) is 0 Å². The number of hydrogen-bond acceptors (Lipinski definition) is 4. The minimum atomic E-state index is -1.11. The van der Waals surface area contributed by atoms with Crippen LogP contribution in [0.5, 0.6) is 0 Å². The predicted octanol–water partition coefficient (Wildman–Crippen LogP) is 0.346. The van der Waals surface area contributed by atoms with Gasteiger partial charge in [0, 0.05) is 0 Å². The molecule has 3 N–H and O–H groups in total. The first-order valence-corrected chi connectivity index (χ1v) is 5.65. The summed E-state index contributed by atoms with van der Waals surface area (Å²) >= 11 is 0. The van der Waals surface area contributed by atoms with Gasteiger partial charge in [-0.1, -0.05) is 13.8 Å². The van der Waals surface area contributed by atoms with Crippen molar-refractivity contribution in [1.29, 1.82) is 0 Å². The number of carboxylic acid groups (broad SMARTS) is 1. The molecular weight excluding hydrogens is 240 g/mol. The highest BCUT2D eigenvalue weighted by molar-refractivity contribution is 5.86. The van der Waals surface area contributed by atoms with Crippen molar-refractivity contribution in [2.45, 2.75) is 39.3 Å². The summed E-state index contributed by atoms with van der Waals surface area (Å²) in [5.74, 6) is -1.57. The van der Waals surface area contributed by atoms with Crippen molar-refractivity contribution in [3.63, 3.8) is 0 Å². The van der Waals surface area contributed by atoms with Crippen LogP contribution < -0.4 is 10.6 Å². The molecule has 0 fully saturated rings. The van der Waals surface area contributed by atoms with Crippen LogP contribution >= 0.6 is 0 Å². The molecule has 1 unspecified atom stereocenters. The van der Waals surface area contributed by atoms with Gasteiger partial charge in [0.2, 0.25) is 0 Å². The molecule has 7 heteroatoms. The number of hydrogen-bond donors (Lipinski definition) is 3. The highest BCUT2D eigenvalue weighted by Crippen LogP contribution is 2.04. The smallest absolute Gasteiger partial charge is 0.328 e. The van der Waals surface area contributed by atoms with E-state index in [1.54, 1.807) is 0 Å². The largest absolute Gasteiger partial charge is 0.480 e.